The molecular weight excluding hydrogens is 577 g/mol. The van der Waals surface area contributed by atoms with Crippen LogP contribution in [0.1, 0.15) is 127 Å². The molecule has 0 aromatic heterocycles. The van der Waals surface area contributed by atoms with Gasteiger partial charge in [-0.25, -0.2) is 0 Å². The molecule has 1 aliphatic rings. The average molecular weight is 633 g/mol. The molecule has 2 rings (SSSR count). The zero-order valence-corrected chi connectivity index (χ0v) is 30.7. The molecule has 2 N–H and O–H groups in total. The van der Waals surface area contributed by atoms with Crippen molar-refractivity contribution in [2.75, 3.05) is 0 Å². The van der Waals surface area contributed by atoms with Crippen LogP contribution in [-0.2, 0) is 25.2 Å². The van der Waals surface area contributed by atoms with Gasteiger partial charge in [0, 0.05) is 39.7 Å². The van der Waals surface area contributed by atoms with Crippen LogP contribution in [0.3, 0.4) is 0 Å². The third-order valence-electron chi connectivity index (χ3n) is 7.60. The normalized spacial score (nSPS) is 18.7. The Bertz CT molecular complexity index is 1210. The maximum absolute atomic E-state index is 12.9. The van der Waals surface area contributed by atoms with E-state index in [1.165, 1.54) is 0 Å². The first-order chi connectivity index (χ1) is 19.2. The molecule has 5 nitrogen and oxygen atoms in total. The number of carboxylic acids is 1. The molecule has 7 heteroatoms. The van der Waals surface area contributed by atoms with Gasteiger partial charge in [0.1, 0.15) is 11.9 Å². The largest absolute Gasteiger partial charge is 0.507 e. The van der Waals surface area contributed by atoms with Crippen LogP contribution in [0.15, 0.2) is 39.7 Å². The number of allylic oxidation sites excluding steroid dienone is 1. The monoisotopic (exact) mass is 632 g/mol. The van der Waals surface area contributed by atoms with E-state index in [1.54, 1.807) is 23.5 Å². The first-order valence-corrected chi connectivity index (χ1v) is 17.0. The van der Waals surface area contributed by atoms with Gasteiger partial charge in [-0.15, -0.1) is 23.5 Å². The number of rotatable bonds is 9. The van der Waals surface area contributed by atoms with E-state index >= 15 is 0 Å². The average Bonchev–Trinajstić information content (AvgIpc) is 2.77. The van der Waals surface area contributed by atoms with E-state index in [9.17, 15) is 14.7 Å². The van der Waals surface area contributed by atoms with Crippen LogP contribution < -0.4 is 0 Å². The van der Waals surface area contributed by atoms with Crippen molar-refractivity contribution in [1.82, 2.24) is 0 Å². The molecule has 0 spiro atoms. The molecule has 0 amide bonds. The molecular formula is C36H56O5S2. The van der Waals surface area contributed by atoms with Crippen LogP contribution in [0, 0.1) is 16.7 Å². The van der Waals surface area contributed by atoms with E-state index in [0.29, 0.717) is 5.75 Å². The Morgan fingerprint density at radius 1 is 0.791 bits per heavy atom. The van der Waals surface area contributed by atoms with E-state index < -0.39 is 12.1 Å². The Balaban J connectivity index is 2.49. The minimum Gasteiger partial charge on any atom is -0.507 e. The number of aliphatic carboxylic acids is 1. The predicted molar refractivity (Wildman–Crippen MR) is 183 cm³/mol. The number of ether oxygens (including phenoxy) is 1. The van der Waals surface area contributed by atoms with Gasteiger partial charge >= 0.3 is 11.9 Å². The molecule has 0 bridgehead atoms. The van der Waals surface area contributed by atoms with E-state index in [4.69, 9.17) is 9.84 Å². The highest BCUT2D eigenvalue weighted by atomic mass is 32.2. The number of phenols is 1. The lowest BCUT2D eigenvalue weighted by Crippen LogP contribution is -2.41. The second-order valence-corrected chi connectivity index (χ2v) is 20.1. The summed E-state index contributed by atoms with van der Waals surface area (Å²) < 4.78 is 5.90. The van der Waals surface area contributed by atoms with Crippen LogP contribution in [0.25, 0.3) is 0 Å². The quantitative estimate of drug-likeness (QED) is 0.159. The SMILES string of the molecule is CC(C)(SC1=CC(C(C)(C)C)C(OC(=O)CCCC(=O)O)C(C(C)(C)C)=C1)Sc1cc(C(C)(C)C)c(O)c(C(C)(C)C)c1. The van der Waals surface area contributed by atoms with Gasteiger partial charge in [0.15, 0.2) is 0 Å². The van der Waals surface area contributed by atoms with Crippen molar-refractivity contribution in [2.24, 2.45) is 16.7 Å². The van der Waals surface area contributed by atoms with Gasteiger partial charge < -0.3 is 14.9 Å². The summed E-state index contributed by atoms with van der Waals surface area (Å²) in [5.41, 5.74) is 2.15. The maximum Gasteiger partial charge on any atom is 0.306 e. The highest BCUT2D eigenvalue weighted by Crippen LogP contribution is 2.52. The molecule has 0 saturated heterocycles. The molecule has 2 atom stereocenters. The molecule has 2 unspecified atom stereocenters. The standard InChI is InChI=1S/C36H56O5S2/c1-32(2,3)24-18-22(19-25(30(24)40)33(4,5)6)42-36(13,14)43-23-20-26(34(7,8)9)31(27(21-23)35(10,11)12)41-29(39)17-15-16-28(37)38/h18-21,26,31,40H,15-17H2,1-14H3,(H,37,38). The predicted octanol–water partition coefficient (Wildman–Crippen LogP) is 10.2. The number of carboxylic acid groups (broad SMARTS) is 1. The summed E-state index contributed by atoms with van der Waals surface area (Å²) in [6, 6.07) is 4.28. The lowest BCUT2D eigenvalue weighted by Gasteiger charge is -2.43. The smallest absolute Gasteiger partial charge is 0.306 e. The van der Waals surface area contributed by atoms with Gasteiger partial charge in [-0.1, -0.05) is 89.2 Å². The summed E-state index contributed by atoms with van der Waals surface area (Å²) in [5.74, 6) is -0.922. The number of carbonyl (C=O) groups excluding carboxylic acids is 1. The van der Waals surface area contributed by atoms with Gasteiger partial charge in [0.05, 0.1) is 4.08 Å². The second kappa shape index (κ2) is 13.2. The molecule has 0 radical (unpaired) electrons. The molecule has 0 heterocycles. The molecule has 43 heavy (non-hydrogen) atoms. The number of hydrogen-bond acceptors (Lipinski definition) is 6. The van der Waals surface area contributed by atoms with E-state index in [2.05, 4.69) is 121 Å². The molecule has 1 aliphatic carbocycles. The summed E-state index contributed by atoms with van der Waals surface area (Å²) >= 11 is 3.60. The molecule has 242 valence electrons. The van der Waals surface area contributed by atoms with Crippen LogP contribution >= 0.6 is 23.5 Å². The highest BCUT2D eigenvalue weighted by Gasteiger charge is 2.42. The summed E-state index contributed by atoms with van der Waals surface area (Å²) in [7, 11) is 0. The van der Waals surface area contributed by atoms with E-state index in [1.807, 2.05) is 0 Å². The van der Waals surface area contributed by atoms with Gasteiger partial charge in [-0.2, -0.15) is 0 Å². The number of esters is 1. The maximum atomic E-state index is 12.9. The van der Waals surface area contributed by atoms with Crippen LogP contribution in [-0.4, -0.2) is 32.3 Å². The molecule has 0 saturated carbocycles. The number of benzene rings is 1. The molecule has 1 aromatic carbocycles. The van der Waals surface area contributed by atoms with Crippen LogP contribution in [0.5, 0.6) is 5.75 Å². The van der Waals surface area contributed by atoms with Crippen LogP contribution in [0.4, 0.5) is 0 Å². The van der Waals surface area contributed by atoms with Crippen molar-refractivity contribution in [3.05, 3.63) is 45.9 Å². The zero-order valence-electron chi connectivity index (χ0n) is 29.0. The Kier molecular flexibility index (Phi) is 11.5. The third kappa shape index (κ3) is 10.6. The van der Waals surface area contributed by atoms with E-state index in [0.717, 1.165) is 26.5 Å². The van der Waals surface area contributed by atoms with Crippen molar-refractivity contribution < 1.29 is 24.5 Å². The Labute approximate surface area is 269 Å². The fourth-order valence-electron chi connectivity index (χ4n) is 5.27. The number of hydrogen-bond donors (Lipinski definition) is 2. The molecule has 0 aliphatic heterocycles. The summed E-state index contributed by atoms with van der Waals surface area (Å²) in [6.07, 6.45) is 4.35. The van der Waals surface area contributed by atoms with Crippen molar-refractivity contribution in [3.63, 3.8) is 0 Å². The topological polar surface area (TPSA) is 83.8 Å². The summed E-state index contributed by atoms with van der Waals surface area (Å²) in [6.45, 7) is 30.2. The number of aromatic hydroxyl groups is 1. The van der Waals surface area contributed by atoms with Gasteiger partial charge in [0.2, 0.25) is 0 Å². The van der Waals surface area contributed by atoms with Crippen LogP contribution in [0.2, 0.25) is 0 Å². The zero-order chi connectivity index (χ0) is 33.3. The lowest BCUT2D eigenvalue weighted by atomic mass is 9.68. The molecule has 0 fully saturated rings. The van der Waals surface area contributed by atoms with Gasteiger partial charge in [-0.3, -0.25) is 9.59 Å². The van der Waals surface area contributed by atoms with Gasteiger partial charge in [0.25, 0.3) is 0 Å². The van der Waals surface area contributed by atoms with Crippen molar-refractivity contribution in [1.29, 1.82) is 0 Å². The number of thioether (sulfide) groups is 2. The minimum atomic E-state index is -0.907. The highest BCUT2D eigenvalue weighted by molar-refractivity contribution is 8.20. The number of phenolic OH excluding ortho intramolecular Hbond substituents is 1. The Hall–Kier alpha value is -1.86. The first-order valence-electron chi connectivity index (χ1n) is 15.3. The van der Waals surface area contributed by atoms with Gasteiger partial charge in [-0.05, 0) is 65.7 Å². The fraction of sp³-hybridized carbons (Fsp3) is 0.667. The molecule has 1 aromatic rings. The van der Waals surface area contributed by atoms with E-state index in [-0.39, 0.29) is 56.9 Å². The van der Waals surface area contributed by atoms with Crippen molar-refractivity contribution in [3.8, 4) is 5.75 Å². The first kappa shape index (κ1) is 37.3. The Morgan fingerprint density at radius 3 is 1.72 bits per heavy atom. The summed E-state index contributed by atoms with van der Waals surface area (Å²) in [4.78, 5) is 26.1. The number of carbonyl (C=O) groups is 2. The van der Waals surface area contributed by atoms with Crippen molar-refractivity contribution in [2.45, 2.75) is 142 Å². The Morgan fingerprint density at radius 2 is 1.30 bits per heavy atom. The van der Waals surface area contributed by atoms with Crippen molar-refractivity contribution >= 4 is 35.5 Å². The minimum absolute atomic E-state index is 0.0482. The fourth-order valence-corrected chi connectivity index (χ4v) is 7.91. The summed E-state index contributed by atoms with van der Waals surface area (Å²) in [5, 5.41) is 20.2. The third-order valence-corrected chi connectivity index (χ3v) is 10.0. The lowest BCUT2D eigenvalue weighted by molar-refractivity contribution is -0.151. The second-order valence-electron chi connectivity index (χ2n) is 16.4.